The normalized spacial score (nSPS) is 12.7. The molecule has 3 N–H and O–H groups in total. The molecule has 0 aromatic heterocycles. The molecule has 0 radical (unpaired) electrons. The number of ether oxygens (including phenoxy) is 1. The second-order valence-electron chi connectivity index (χ2n) is 4.98. The number of likely N-dealkylation sites (N-methyl/N-ethyl adjacent to an activating group) is 1. The Morgan fingerprint density at radius 1 is 1.42 bits per heavy atom. The summed E-state index contributed by atoms with van der Waals surface area (Å²) in [6.07, 6.45) is 0. The number of nitrogens with two attached hydrogens (primary N) is 1. The third-order valence-electron chi connectivity index (χ3n) is 2.52. The van der Waals surface area contributed by atoms with Gasteiger partial charge >= 0.3 is 0 Å². The van der Waals surface area contributed by atoms with Crippen LogP contribution in [0.1, 0.15) is 13.8 Å². The fraction of sp³-hybridized carbons (Fsp3) is 0.500. The van der Waals surface area contributed by atoms with E-state index in [0.29, 0.717) is 11.4 Å². The Morgan fingerprint density at radius 2 is 2.00 bits per heavy atom. The van der Waals surface area contributed by atoms with E-state index in [2.05, 4.69) is 0 Å². The maximum Gasteiger partial charge on any atom is 0.243 e. The topological polar surface area (TPSA) is 92.9 Å². The molecule has 0 aliphatic rings. The van der Waals surface area contributed by atoms with Gasteiger partial charge in [-0.15, -0.1) is 0 Å². The first-order valence-electron chi connectivity index (χ1n) is 5.70. The number of sulfonamides is 1. The lowest BCUT2D eigenvalue weighted by molar-refractivity contribution is 0.0640. The number of hydrogen-bond acceptors (Lipinski definition) is 5. The highest BCUT2D eigenvalue weighted by atomic mass is 32.2. The highest BCUT2D eigenvalue weighted by Gasteiger charge is 2.26. The summed E-state index contributed by atoms with van der Waals surface area (Å²) in [7, 11) is -0.852. The molecule has 1 rings (SSSR count). The summed E-state index contributed by atoms with van der Waals surface area (Å²) in [6.45, 7) is 3.08. The molecule has 0 unspecified atom stereocenters. The summed E-state index contributed by atoms with van der Waals surface area (Å²) in [5.74, 6) is 0.303. The molecule has 0 bridgehead atoms. The average molecular weight is 288 g/mol. The van der Waals surface area contributed by atoms with Crippen molar-refractivity contribution in [3.8, 4) is 5.75 Å². The Morgan fingerprint density at radius 3 is 2.47 bits per heavy atom. The minimum atomic E-state index is -3.68. The number of aliphatic hydroxyl groups is 1. The summed E-state index contributed by atoms with van der Waals surface area (Å²) in [5, 5.41) is 9.69. The van der Waals surface area contributed by atoms with Gasteiger partial charge in [-0.3, -0.25) is 0 Å². The van der Waals surface area contributed by atoms with Gasteiger partial charge < -0.3 is 15.6 Å². The lowest BCUT2D eigenvalue weighted by atomic mass is 10.1. The monoisotopic (exact) mass is 288 g/mol. The van der Waals surface area contributed by atoms with Crippen molar-refractivity contribution in [2.24, 2.45) is 0 Å². The summed E-state index contributed by atoms with van der Waals surface area (Å²) >= 11 is 0. The third-order valence-corrected chi connectivity index (χ3v) is 4.32. The van der Waals surface area contributed by atoms with Gasteiger partial charge in [0.25, 0.3) is 0 Å². The van der Waals surface area contributed by atoms with Gasteiger partial charge in [-0.05, 0) is 26.0 Å². The number of anilines is 1. The molecule has 0 aliphatic carbocycles. The van der Waals surface area contributed by atoms with Gasteiger partial charge in [0.05, 0.1) is 23.3 Å². The van der Waals surface area contributed by atoms with Gasteiger partial charge in [-0.2, -0.15) is 4.31 Å². The van der Waals surface area contributed by atoms with Crippen molar-refractivity contribution in [1.29, 1.82) is 0 Å². The summed E-state index contributed by atoms with van der Waals surface area (Å²) < 4.78 is 30.7. The molecule has 0 atom stereocenters. The Balaban J connectivity index is 3.13. The van der Waals surface area contributed by atoms with Crippen LogP contribution in [0.2, 0.25) is 0 Å². The van der Waals surface area contributed by atoms with Gasteiger partial charge in [0.1, 0.15) is 5.75 Å². The number of nitrogen functional groups attached to an aromatic ring is 1. The van der Waals surface area contributed by atoms with Crippen molar-refractivity contribution in [3.05, 3.63) is 18.2 Å². The number of rotatable bonds is 5. The minimum Gasteiger partial charge on any atom is -0.495 e. The van der Waals surface area contributed by atoms with Crippen molar-refractivity contribution in [2.45, 2.75) is 24.3 Å². The van der Waals surface area contributed by atoms with E-state index in [1.807, 2.05) is 0 Å². The predicted octanol–water partition coefficient (Wildman–Crippen LogP) is 0.669. The van der Waals surface area contributed by atoms with Crippen molar-refractivity contribution in [3.63, 3.8) is 0 Å². The minimum absolute atomic E-state index is 0.0119. The highest BCUT2D eigenvalue weighted by molar-refractivity contribution is 7.89. The maximum absolute atomic E-state index is 12.3. The van der Waals surface area contributed by atoms with Crippen LogP contribution in [0.3, 0.4) is 0 Å². The standard InChI is InChI=1S/C12H20N2O4S/c1-12(2,15)8-14(3)19(16,17)9-5-6-10(13)11(7-9)18-4/h5-7,15H,8,13H2,1-4H3. The molecule has 0 fully saturated rings. The van der Waals surface area contributed by atoms with E-state index in [9.17, 15) is 13.5 Å². The third kappa shape index (κ3) is 3.82. The number of methoxy groups -OCH3 is 1. The van der Waals surface area contributed by atoms with Gasteiger partial charge in [-0.25, -0.2) is 8.42 Å². The lowest BCUT2D eigenvalue weighted by Gasteiger charge is -2.25. The SMILES string of the molecule is COc1cc(S(=O)(=O)N(C)CC(C)(C)O)ccc1N. The Labute approximate surface area is 113 Å². The summed E-state index contributed by atoms with van der Waals surface area (Å²) in [5.41, 5.74) is 4.90. The van der Waals surface area contributed by atoms with Crippen molar-refractivity contribution >= 4 is 15.7 Å². The summed E-state index contributed by atoms with van der Waals surface area (Å²) in [6, 6.07) is 4.25. The van der Waals surface area contributed by atoms with E-state index in [4.69, 9.17) is 10.5 Å². The van der Waals surface area contributed by atoms with Crippen LogP contribution in [0.4, 0.5) is 5.69 Å². The fourth-order valence-corrected chi connectivity index (χ4v) is 3.00. The molecule has 0 saturated heterocycles. The Hall–Kier alpha value is -1.31. The predicted molar refractivity (Wildman–Crippen MR) is 73.5 cm³/mol. The van der Waals surface area contributed by atoms with E-state index in [1.54, 1.807) is 13.8 Å². The summed E-state index contributed by atoms with van der Waals surface area (Å²) in [4.78, 5) is 0.0744. The van der Waals surface area contributed by atoms with Crippen LogP contribution < -0.4 is 10.5 Å². The van der Waals surface area contributed by atoms with Crippen LogP contribution in [0.5, 0.6) is 5.75 Å². The zero-order chi connectivity index (χ0) is 14.8. The van der Waals surface area contributed by atoms with E-state index in [-0.39, 0.29) is 11.4 Å². The van der Waals surface area contributed by atoms with E-state index in [0.717, 1.165) is 4.31 Å². The molecule has 0 heterocycles. The molecule has 108 valence electrons. The van der Waals surface area contributed by atoms with Gasteiger partial charge in [0, 0.05) is 19.7 Å². The molecule has 1 aromatic rings. The van der Waals surface area contributed by atoms with Crippen LogP contribution in [0.25, 0.3) is 0 Å². The van der Waals surface area contributed by atoms with Crippen LogP contribution in [0.15, 0.2) is 23.1 Å². The fourth-order valence-electron chi connectivity index (χ4n) is 1.66. The molecular weight excluding hydrogens is 268 g/mol. The van der Waals surface area contributed by atoms with Gasteiger partial charge in [-0.1, -0.05) is 0 Å². The molecule has 1 aromatic carbocycles. The largest absolute Gasteiger partial charge is 0.495 e. The molecule has 0 saturated carbocycles. The quantitative estimate of drug-likeness (QED) is 0.777. The van der Waals surface area contributed by atoms with E-state index in [1.165, 1.54) is 32.4 Å². The van der Waals surface area contributed by atoms with Gasteiger partial charge in [0.15, 0.2) is 0 Å². The lowest BCUT2D eigenvalue weighted by Crippen LogP contribution is -2.39. The average Bonchev–Trinajstić information content (AvgIpc) is 2.27. The molecular formula is C12H20N2O4S. The number of benzene rings is 1. The highest BCUT2D eigenvalue weighted by Crippen LogP contribution is 2.26. The Kier molecular flexibility index (Phi) is 4.44. The van der Waals surface area contributed by atoms with Crippen molar-refractivity contribution in [1.82, 2.24) is 4.31 Å². The molecule has 7 heteroatoms. The first-order chi connectivity index (χ1) is 8.58. The Bertz CT molecular complexity index is 549. The zero-order valence-corrected chi connectivity index (χ0v) is 12.4. The van der Waals surface area contributed by atoms with Crippen LogP contribution in [-0.4, -0.2) is 44.1 Å². The van der Waals surface area contributed by atoms with Gasteiger partial charge in [0.2, 0.25) is 10.0 Å². The van der Waals surface area contributed by atoms with Crippen LogP contribution >= 0.6 is 0 Å². The number of nitrogens with zero attached hydrogens (tertiary/aromatic N) is 1. The van der Waals surface area contributed by atoms with E-state index < -0.39 is 15.6 Å². The smallest absolute Gasteiger partial charge is 0.243 e. The van der Waals surface area contributed by atoms with Crippen LogP contribution in [-0.2, 0) is 10.0 Å². The molecule has 0 aliphatic heterocycles. The molecule has 6 nitrogen and oxygen atoms in total. The van der Waals surface area contributed by atoms with Crippen LogP contribution in [0, 0.1) is 0 Å². The van der Waals surface area contributed by atoms with Crippen molar-refractivity contribution in [2.75, 3.05) is 26.4 Å². The zero-order valence-electron chi connectivity index (χ0n) is 11.5. The second-order valence-corrected chi connectivity index (χ2v) is 7.02. The van der Waals surface area contributed by atoms with Crippen molar-refractivity contribution < 1.29 is 18.3 Å². The maximum atomic E-state index is 12.3. The van der Waals surface area contributed by atoms with E-state index >= 15 is 0 Å². The first-order valence-corrected chi connectivity index (χ1v) is 7.14. The molecule has 0 spiro atoms. The molecule has 19 heavy (non-hydrogen) atoms. The first kappa shape index (κ1) is 15.7. The second kappa shape index (κ2) is 5.36. The molecule has 0 amide bonds. The number of hydrogen-bond donors (Lipinski definition) is 2.